The quantitative estimate of drug-likeness (QED) is 0.584. The van der Waals surface area contributed by atoms with Crippen LogP contribution in [0.5, 0.6) is 0 Å². The predicted molar refractivity (Wildman–Crippen MR) is 107 cm³/mol. The molecule has 0 spiro atoms. The maximum Gasteiger partial charge on any atom is 0.242 e. The zero-order chi connectivity index (χ0) is 16.7. The number of fused-ring (bicyclic) bond motifs is 1. The average Bonchev–Trinajstić information content (AvgIpc) is 3.04. The maximum absolute atomic E-state index is 5.65. The molecule has 0 amide bonds. The van der Waals surface area contributed by atoms with Crippen LogP contribution in [-0.4, -0.2) is 26.8 Å². The second-order valence-corrected chi connectivity index (χ2v) is 6.72. The molecule has 1 aromatic heterocycles. The first-order chi connectivity index (χ1) is 11.7. The van der Waals surface area contributed by atoms with Crippen molar-refractivity contribution in [2.24, 2.45) is 0 Å². The van der Waals surface area contributed by atoms with Gasteiger partial charge < -0.3 is 4.90 Å². The lowest BCUT2D eigenvalue weighted by molar-refractivity contribution is 0.602. The molecule has 0 saturated carbocycles. The number of hydrogen-bond acceptors (Lipinski definition) is 4. The minimum absolute atomic E-state index is 0. The number of aromatic amines is 1. The molecule has 1 aliphatic heterocycles. The summed E-state index contributed by atoms with van der Waals surface area (Å²) in [4.78, 5) is 2.32. The summed E-state index contributed by atoms with van der Waals surface area (Å²) >= 11 is 5.22. The molecule has 1 atom stereocenters. The normalized spacial score (nSPS) is 18.9. The number of benzene rings is 1. The first-order valence-electron chi connectivity index (χ1n) is 8.28. The minimum atomic E-state index is 0. The molecule has 0 saturated heterocycles. The van der Waals surface area contributed by atoms with Crippen molar-refractivity contribution < 1.29 is 0 Å². The van der Waals surface area contributed by atoms with Crippen LogP contribution in [0.4, 0.5) is 5.69 Å². The molecule has 1 aromatic carbocycles. The number of rotatable bonds is 2. The van der Waals surface area contributed by atoms with Crippen LogP contribution in [0.2, 0.25) is 0 Å². The highest BCUT2D eigenvalue weighted by molar-refractivity contribution is 8.93. The van der Waals surface area contributed by atoms with E-state index in [1.54, 1.807) is 4.68 Å². The molecule has 130 valence electrons. The molecule has 2 aliphatic rings. The van der Waals surface area contributed by atoms with Crippen molar-refractivity contribution in [3.63, 3.8) is 0 Å². The highest BCUT2D eigenvalue weighted by Crippen LogP contribution is 2.46. The fourth-order valence-corrected chi connectivity index (χ4v) is 4.12. The van der Waals surface area contributed by atoms with Crippen molar-refractivity contribution in [2.75, 3.05) is 11.4 Å². The number of allylic oxidation sites excluding steroid dienone is 2. The van der Waals surface area contributed by atoms with Gasteiger partial charge in [-0.1, -0.05) is 23.2 Å². The monoisotopic (exact) mass is 417 g/mol. The van der Waals surface area contributed by atoms with Gasteiger partial charge >= 0.3 is 0 Å². The molecule has 25 heavy (non-hydrogen) atoms. The lowest BCUT2D eigenvalue weighted by Crippen LogP contribution is -2.31. The Morgan fingerprint density at radius 3 is 2.88 bits per heavy atom. The van der Waals surface area contributed by atoms with E-state index in [-0.39, 0.29) is 17.0 Å². The largest absolute Gasteiger partial charge is 0.333 e. The molecule has 0 bridgehead atoms. The van der Waals surface area contributed by atoms with Crippen LogP contribution in [-0.2, 0) is 0 Å². The zero-order valence-electron chi connectivity index (χ0n) is 14.0. The molecule has 5 nitrogen and oxygen atoms in total. The fraction of sp³-hybridized carbons (Fsp3) is 0.389. The summed E-state index contributed by atoms with van der Waals surface area (Å²) in [6, 6.07) is 6.36. The summed E-state index contributed by atoms with van der Waals surface area (Å²) in [5, 5.41) is 10.5. The van der Waals surface area contributed by atoms with E-state index >= 15 is 0 Å². The highest BCUT2D eigenvalue weighted by Gasteiger charge is 2.31. The Bertz CT molecular complexity index is 920. The Balaban J connectivity index is 0.00000182. The molecule has 0 fully saturated rings. The van der Waals surface area contributed by atoms with Crippen molar-refractivity contribution in [3.05, 3.63) is 39.8 Å². The van der Waals surface area contributed by atoms with Crippen LogP contribution >= 0.6 is 29.2 Å². The van der Waals surface area contributed by atoms with Crippen LogP contribution in [0.25, 0.3) is 5.69 Å². The lowest BCUT2D eigenvalue weighted by atomic mass is 9.79. The van der Waals surface area contributed by atoms with Crippen molar-refractivity contribution >= 4 is 34.9 Å². The third-order valence-electron chi connectivity index (χ3n) is 5.08. The third kappa shape index (κ3) is 2.94. The van der Waals surface area contributed by atoms with Gasteiger partial charge in [-0.15, -0.1) is 23.4 Å². The van der Waals surface area contributed by atoms with Crippen LogP contribution in [0.3, 0.4) is 0 Å². The van der Waals surface area contributed by atoms with Gasteiger partial charge in [0.25, 0.3) is 0 Å². The van der Waals surface area contributed by atoms with Crippen molar-refractivity contribution in [3.8, 4) is 18.0 Å². The van der Waals surface area contributed by atoms with E-state index in [0.29, 0.717) is 17.2 Å². The number of nitrogens with zero attached hydrogens (tertiary/aromatic N) is 4. The smallest absolute Gasteiger partial charge is 0.242 e. The van der Waals surface area contributed by atoms with Crippen molar-refractivity contribution in [1.82, 2.24) is 20.2 Å². The SMILES string of the molecule is Br.C#CCN1C2=C(CCCC2)C(C)c2cc(-n3[nH]nnc3=S)ccc21. The van der Waals surface area contributed by atoms with E-state index in [4.69, 9.17) is 18.6 Å². The number of nitrogens with one attached hydrogen (secondary N) is 1. The van der Waals surface area contributed by atoms with E-state index in [2.05, 4.69) is 45.4 Å². The number of H-pyrrole nitrogens is 1. The van der Waals surface area contributed by atoms with Gasteiger partial charge in [0.15, 0.2) is 0 Å². The maximum atomic E-state index is 5.65. The number of aromatic nitrogens is 4. The summed E-state index contributed by atoms with van der Waals surface area (Å²) in [5.74, 6) is 3.22. The van der Waals surface area contributed by atoms with E-state index < -0.39 is 0 Å². The lowest BCUT2D eigenvalue weighted by Gasteiger charge is -2.40. The molecule has 7 heteroatoms. The van der Waals surface area contributed by atoms with Gasteiger partial charge in [-0.3, -0.25) is 0 Å². The second-order valence-electron chi connectivity index (χ2n) is 6.35. The molecule has 4 rings (SSSR count). The molecule has 1 unspecified atom stereocenters. The topological polar surface area (TPSA) is 49.7 Å². The first kappa shape index (κ1) is 17.9. The van der Waals surface area contributed by atoms with Gasteiger partial charge in [0, 0.05) is 17.3 Å². The molecule has 2 aromatic rings. The van der Waals surface area contributed by atoms with Crippen LogP contribution in [0, 0.1) is 17.1 Å². The Hall–Kier alpha value is -1.91. The summed E-state index contributed by atoms with van der Waals surface area (Å²) in [6.45, 7) is 2.91. The van der Waals surface area contributed by atoms with Gasteiger partial charge in [-0.05, 0) is 67.2 Å². The van der Waals surface area contributed by atoms with Crippen molar-refractivity contribution in [2.45, 2.75) is 38.5 Å². The standard InChI is InChI=1S/C18H19N5S.BrH/c1-3-10-22-16-7-5-4-6-14(16)12(2)15-11-13(8-9-17(15)22)23-18(24)19-20-21-23;/h1,8-9,11-12H,4-7,10H2,2H3,(H,19,21,24);1H. The molecule has 1 N–H and O–H groups in total. The molecular weight excluding hydrogens is 398 g/mol. The van der Waals surface area contributed by atoms with Crippen LogP contribution in [0.15, 0.2) is 29.5 Å². The number of halogens is 1. The van der Waals surface area contributed by atoms with Crippen LogP contribution < -0.4 is 4.90 Å². The number of anilines is 1. The Morgan fingerprint density at radius 2 is 2.16 bits per heavy atom. The molecular formula is C18H20BrN5S. The zero-order valence-corrected chi connectivity index (χ0v) is 16.6. The van der Waals surface area contributed by atoms with Gasteiger partial charge in [0.05, 0.1) is 12.2 Å². The predicted octanol–water partition coefficient (Wildman–Crippen LogP) is 4.29. The van der Waals surface area contributed by atoms with E-state index in [0.717, 1.165) is 18.5 Å². The van der Waals surface area contributed by atoms with Gasteiger partial charge in [-0.2, -0.15) is 5.21 Å². The molecule has 0 radical (unpaired) electrons. The Labute approximate surface area is 162 Å². The first-order valence-corrected chi connectivity index (χ1v) is 8.69. The fourth-order valence-electron chi connectivity index (χ4n) is 3.93. The van der Waals surface area contributed by atoms with Crippen LogP contribution in [0.1, 0.15) is 44.1 Å². The summed E-state index contributed by atoms with van der Waals surface area (Å²) in [6.07, 6.45) is 10.4. The number of hydrogen-bond donors (Lipinski definition) is 1. The molecule has 1 aliphatic carbocycles. The van der Waals surface area contributed by atoms with Gasteiger partial charge in [-0.25, -0.2) is 4.68 Å². The third-order valence-corrected chi connectivity index (χ3v) is 5.34. The summed E-state index contributed by atoms with van der Waals surface area (Å²) in [5.41, 5.74) is 6.43. The van der Waals surface area contributed by atoms with E-state index in [9.17, 15) is 0 Å². The Morgan fingerprint density at radius 1 is 1.36 bits per heavy atom. The summed E-state index contributed by atoms with van der Waals surface area (Å²) in [7, 11) is 0. The molecule has 2 heterocycles. The number of terminal acetylenes is 1. The second kappa shape index (κ2) is 7.14. The van der Waals surface area contributed by atoms with Gasteiger partial charge in [0.2, 0.25) is 4.77 Å². The van der Waals surface area contributed by atoms with E-state index in [1.807, 2.05) is 6.07 Å². The van der Waals surface area contributed by atoms with Crippen molar-refractivity contribution in [1.29, 1.82) is 0 Å². The summed E-state index contributed by atoms with van der Waals surface area (Å²) < 4.78 is 2.15. The average molecular weight is 418 g/mol. The van der Waals surface area contributed by atoms with E-state index in [1.165, 1.54) is 35.4 Å². The van der Waals surface area contributed by atoms with Gasteiger partial charge in [0.1, 0.15) is 0 Å². The highest BCUT2D eigenvalue weighted by atomic mass is 79.9. The number of tetrazole rings is 1. The minimum Gasteiger partial charge on any atom is -0.333 e. The Kier molecular flexibility index (Phi) is 5.11.